The predicted molar refractivity (Wildman–Crippen MR) is 116 cm³/mol. The molecule has 0 aromatic heterocycles. The average Bonchev–Trinajstić information content (AvgIpc) is 3.28. The second-order valence-corrected chi connectivity index (χ2v) is 7.09. The van der Waals surface area contributed by atoms with Gasteiger partial charge in [0.25, 0.3) is 0 Å². The molecule has 31 heavy (non-hydrogen) atoms. The van der Waals surface area contributed by atoms with Gasteiger partial charge >= 0.3 is 17.8 Å². The van der Waals surface area contributed by atoms with Gasteiger partial charge in [0.2, 0.25) is 0 Å². The van der Waals surface area contributed by atoms with Gasteiger partial charge in [0.1, 0.15) is 0 Å². The number of carboxylic acids is 1. The number of benzene rings is 2. The van der Waals surface area contributed by atoms with Crippen LogP contribution < -0.4 is 16.1 Å². The molecule has 1 aliphatic heterocycles. The summed E-state index contributed by atoms with van der Waals surface area (Å²) in [6, 6.07) is 12.1. The quantitative estimate of drug-likeness (QED) is 0.306. The van der Waals surface area contributed by atoms with Gasteiger partial charge < -0.3 is 20.5 Å². The number of hydrazone groups is 1. The highest BCUT2D eigenvalue weighted by molar-refractivity contribution is 6.35. The van der Waals surface area contributed by atoms with Crippen LogP contribution in [0.2, 0.25) is 0 Å². The van der Waals surface area contributed by atoms with Crippen LogP contribution in [0, 0.1) is 6.92 Å². The molecule has 2 aromatic carbocycles. The number of ether oxygens (including phenoxy) is 1. The molecule has 0 saturated carbocycles. The molecular formula is C22H24N4O5. The third kappa shape index (κ3) is 6.13. The van der Waals surface area contributed by atoms with E-state index < -0.39 is 17.8 Å². The molecule has 0 bridgehead atoms. The lowest BCUT2D eigenvalue weighted by Crippen LogP contribution is -2.41. The van der Waals surface area contributed by atoms with Crippen LogP contribution in [0.25, 0.3) is 0 Å². The van der Waals surface area contributed by atoms with E-state index in [1.165, 1.54) is 18.3 Å². The smallest absolute Gasteiger partial charge is 0.335 e. The maximum Gasteiger partial charge on any atom is 0.335 e. The highest BCUT2D eigenvalue weighted by atomic mass is 16.5. The molecule has 1 heterocycles. The summed E-state index contributed by atoms with van der Waals surface area (Å²) in [4.78, 5) is 35.2. The van der Waals surface area contributed by atoms with Crippen LogP contribution in [0.1, 0.15) is 34.3 Å². The van der Waals surface area contributed by atoms with E-state index >= 15 is 0 Å². The number of carbonyl (C=O) groups excluding carboxylic acids is 2. The third-order valence-corrected chi connectivity index (χ3v) is 4.80. The van der Waals surface area contributed by atoms with Crippen molar-refractivity contribution < 1.29 is 24.2 Å². The third-order valence-electron chi connectivity index (χ3n) is 4.80. The van der Waals surface area contributed by atoms with Gasteiger partial charge in [-0.3, -0.25) is 9.59 Å². The van der Waals surface area contributed by atoms with E-state index in [1.54, 1.807) is 6.07 Å². The number of carbonyl (C=O) groups is 3. The topological polar surface area (TPSA) is 129 Å². The molecule has 0 aliphatic carbocycles. The number of rotatable bonds is 7. The summed E-state index contributed by atoms with van der Waals surface area (Å²) in [5.41, 5.74) is 5.11. The Kier molecular flexibility index (Phi) is 7.34. The van der Waals surface area contributed by atoms with E-state index in [0.29, 0.717) is 17.9 Å². The van der Waals surface area contributed by atoms with Gasteiger partial charge in [-0.1, -0.05) is 18.2 Å². The summed E-state index contributed by atoms with van der Waals surface area (Å²) in [5.74, 6) is -2.82. The molecule has 0 spiro atoms. The zero-order chi connectivity index (χ0) is 22.2. The summed E-state index contributed by atoms with van der Waals surface area (Å²) in [6.07, 6.45) is 2.99. The molecule has 4 N–H and O–H groups in total. The van der Waals surface area contributed by atoms with Gasteiger partial charge in [0, 0.05) is 30.1 Å². The normalized spacial score (nSPS) is 15.6. The first-order valence-corrected chi connectivity index (χ1v) is 9.87. The number of hydrogen-bond acceptors (Lipinski definition) is 6. The Hall–Kier alpha value is -3.72. The van der Waals surface area contributed by atoms with Crippen LogP contribution in [0.15, 0.2) is 47.6 Å². The Balaban J connectivity index is 1.67. The van der Waals surface area contributed by atoms with Crippen molar-refractivity contribution in [3.05, 3.63) is 59.2 Å². The van der Waals surface area contributed by atoms with E-state index in [0.717, 1.165) is 24.1 Å². The Morgan fingerprint density at radius 3 is 2.68 bits per heavy atom. The van der Waals surface area contributed by atoms with Crippen LogP contribution in [0.5, 0.6) is 0 Å². The summed E-state index contributed by atoms with van der Waals surface area (Å²) >= 11 is 0. The zero-order valence-corrected chi connectivity index (χ0v) is 17.1. The fourth-order valence-electron chi connectivity index (χ4n) is 3.08. The first-order valence-electron chi connectivity index (χ1n) is 9.87. The van der Waals surface area contributed by atoms with Gasteiger partial charge in [0.15, 0.2) is 0 Å². The van der Waals surface area contributed by atoms with E-state index in [1.807, 2.05) is 31.2 Å². The fraction of sp³-hybridized carbons (Fsp3) is 0.273. The molecule has 1 saturated heterocycles. The van der Waals surface area contributed by atoms with Crippen molar-refractivity contribution in [2.75, 3.05) is 18.5 Å². The summed E-state index contributed by atoms with van der Waals surface area (Å²) in [5, 5.41) is 18.8. The molecule has 162 valence electrons. The summed E-state index contributed by atoms with van der Waals surface area (Å²) < 4.78 is 5.39. The molecule has 0 unspecified atom stereocenters. The van der Waals surface area contributed by atoms with Crippen molar-refractivity contribution in [3.8, 4) is 0 Å². The van der Waals surface area contributed by atoms with E-state index in [9.17, 15) is 19.5 Å². The van der Waals surface area contributed by atoms with Crippen LogP contribution in [0.3, 0.4) is 0 Å². The number of nitrogens with one attached hydrogen (secondary N) is 3. The standard InChI is InChI=1S/C22H24N4O5/c1-14-5-2-3-7-18(14)25-19-9-8-15(22(29)30)11-16(19)12-24-26-21(28)20(27)23-13-17-6-4-10-31-17/h2-3,5,7-9,11-12,17,25H,4,6,10,13H2,1H3,(H,23,27)(H,26,28)(H,29,30)/b24-12-/t17-/m1/s1. The molecule has 9 heteroatoms. The Bertz CT molecular complexity index is 999. The van der Waals surface area contributed by atoms with E-state index in [-0.39, 0.29) is 18.2 Å². The largest absolute Gasteiger partial charge is 0.478 e. The highest BCUT2D eigenvalue weighted by Crippen LogP contribution is 2.23. The number of amides is 2. The van der Waals surface area contributed by atoms with Crippen LogP contribution in [-0.2, 0) is 14.3 Å². The number of anilines is 2. The SMILES string of the molecule is Cc1ccccc1Nc1ccc(C(=O)O)cc1/C=N\NC(=O)C(=O)NC[C@H]1CCCO1. The Morgan fingerprint density at radius 1 is 1.16 bits per heavy atom. The highest BCUT2D eigenvalue weighted by Gasteiger charge is 2.19. The van der Waals surface area contributed by atoms with Crippen LogP contribution in [-0.4, -0.2) is 48.4 Å². The van der Waals surface area contributed by atoms with Crippen LogP contribution in [0.4, 0.5) is 11.4 Å². The number of aromatic carboxylic acids is 1. The van der Waals surface area contributed by atoms with E-state index in [4.69, 9.17) is 4.74 Å². The van der Waals surface area contributed by atoms with Crippen molar-refractivity contribution in [2.45, 2.75) is 25.9 Å². The summed E-state index contributed by atoms with van der Waals surface area (Å²) in [7, 11) is 0. The first-order chi connectivity index (χ1) is 14.9. The van der Waals surface area contributed by atoms with Crippen molar-refractivity contribution in [1.82, 2.24) is 10.7 Å². The number of carboxylic acid groups (broad SMARTS) is 1. The lowest BCUT2D eigenvalue weighted by molar-refractivity contribution is -0.139. The molecule has 1 aliphatic rings. The Morgan fingerprint density at radius 2 is 1.97 bits per heavy atom. The lowest BCUT2D eigenvalue weighted by Gasteiger charge is -2.12. The number of aryl methyl sites for hydroxylation is 1. The van der Waals surface area contributed by atoms with Crippen molar-refractivity contribution >= 4 is 35.4 Å². The summed E-state index contributed by atoms with van der Waals surface area (Å²) in [6.45, 7) is 2.86. The minimum absolute atomic E-state index is 0.0671. The van der Waals surface area contributed by atoms with E-state index in [2.05, 4.69) is 21.2 Å². The van der Waals surface area contributed by atoms with Gasteiger partial charge in [0.05, 0.1) is 17.9 Å². The fourth-order valence-corrected chi connectivity index (χ4v) is 3.08. The lowest BCUT2D eigenvalue weighted by atomic mass is 10.1. The first kappa shape index (κ1) is 22.0. The van der Waals surface area contributed by atoms with Gasteiger partial charge in [-0.25, -0.2) is 10.2 Å². The molecule has 1 fully saturated rings. The Labute approximate surface area is 179 Å². The molecule has 0 radical (unpaired) electrons. The zero-order valence-electron chi connectivity index (χ0n) is 17.1. The average molecular weight is 424 g/mol. The van der Waals surface area contributed by atoms with Crippen molar-refractivity contribution in [1.29, 1.82) is 0 Å². The number of hydrogen-bond donors (Lipinski definition) is 4. The maximum atomic E-state index is 11.9. The molecule has 3 rings (SSSR count). The second kappa shape index (κ2) is 10.4. The molecule has 2 amide bonds. The number of nitrogens with zero attached hydrogens (tertiary/aromatic N) is 1. The van der Waals surface area contributed by atoms with Gasteiger partial charge in [-0.2, -0.15) is 5.10 Å². The minimum Gasteiger partial charge on any atom is -0.478 e. The molecule has 2 aromatic rings. The van der Waals surface area contributed by atoms with Crippen molar-refractivity contribution in [3.63, 3.8) is 0 Å². The van der Waals surface area contributed by atoms with Crippen LogP contribution >= 0.6 is 0 Å². The molecular weight excluding hydrogens is 400 g/mol. The second-order valence-electron chi connectivity index (χ2n) is 7.09. The maximum absolute atomic E-state index is 11.9. The van der Waals surface area contributed by atoms with Gasteiger partial charge in [-0.05, 0) is 49.6 Å². The van der Waals surface area contributed by atoms with Crippen molar-refractivity contribution in [2.24, 2.45) is 5.10 Å². The number of para-hydroxylation sites is 1. The monoisotopic (exact) mass is 424 g/mol. The molecule has 1 atom stereocenters. The minimum atomic E-state index is -1.09. The van der Waals surface area contributed by atoms with Gasteiger partial charge in [-0.15, -0.1) is 0 Å². The predicted octanol–water partition coefficient (Wildman–Crippen LogP) is 2.18. The molecule has 9 nitrogen and oxygen atoms in total.